The van der Waals surface area contributed by atoms with Crippen LogP contribution in [0.2, 0.25) is 0 Å². The highest BCUT2D eigenvalue weighted by Gasteiger charge is 2.25. The number of anilines is 3. The zero-order valence-electron chi connectivity index (χ0n) is 17.7. The van der Waals surface area contributed by atoms with Gasteiger partial charge in [-0.3, -0.25) is 19.3 Å². The maximum atomic E-state index is 12.9. The zero-order chi connectivity index (χ0) is 22.8. The summed E-state index contributed by atoms with van der Waals surface area (Å²) in [6, 6.07) is 12.4. The predicted octanol–water partition coefficient (Wildman–Crippen LogP) is 2.50. The van der Waals surface area contributed by atoms with Gasteiger partial charge in [0.05, 0.1) is 13.2 Å². The topological polar surface area (TPSA) is 128 Å². The van der Waals surface area contributed by atoms with Crippen molar-refractivity contribution < 1.29 is 19.1 Å². The molecule has 8 nitrogen and oxygen atoms in total. The van der Waals surface area contributed by atoms with Gasteiger partial charge >= 0.3 is 5.97 Å². The molecule has 0 saturated heterocycles. The smallest absolute Gasteiger partial charge is 0.325 e. The van der Waals surface area contributed by atoms with Crippen molar-refractivity contribution in [3.63, 3.8) is 0 Å². The number of nitrogens with one attached hydrogen (secondary N) is 1. The molecule has 0 fully saturated rings. The van der Waals surface area contributed by atoms with Crippen LogP contribution >= 0.6 is 11.8 Å². The summed E-state index contributed by atoms with van der Waals surface area (Å²) in [7, 11) is 1.26. The van der Waals surface area contributed by atoms with Crippen molar-refractivity contribution >= 4 is 46.6 Å². The molecule has 0 heterocycles. The highest BCUT2D eigenvalue weighted by molar-refractivity contribution is 7.99. The van der Waals surface area contributed by atoms with Gasteiger partial charge in [0.2, 0.25) is 5.91 Å². The Balaban J connectivity index is 2.13. The molecule has 2 aromatic rings. The third kappa shape index (κ3) is 7.30. The van der Waals surface area contributed by atoms with E-state index >= 15 is 0 Å². The van der Waals surface area contributed by atoms with Crippen LogP contribution in [0.5, 0.6) is 0 Å². The molecule has 0 radical (unpaired) electrons. The molecule has 0 spiro atoms. The maximum absolute atomic E-state index is 12.9. The van der Waals surface area contributed by atoms with Crippen molar-refractivity contribution in [1.82, 2.24) is 0 Å². The molecular weight excluding hydrogens is 416 g/mol. The molecule has 1 atom stereocenters. The summed E-state index contributed by atoms with van der Waals surface area (Å²) in [4.78, 5) is 38.4. The molecule has 2 aromatic carbocycles. The van der Waals surface area contributed by atoms with Crippen LogP contribution in [0.1, 0.15) is 23.7 Å². The highest BCUT2D eigenvalue weighted by Crippen LogP contribution is 2.20. The van der Waals surface area contributed by atoms with E-state index in [0.717, 1.165) is 11.5 Å². The van der Waals surface area contributed by atoms with Crippen LogP contribution < -0.4 is 21.7 Å². The van der Waals surface area contributed by atoms with Gasteiger partial charge in [-0.2, -0.15) is 11.8 Å². The van der Waals surface area contributed by atoms with Gasteiger partial charge in [0.15, 0.2) is 0 Å². The molecule has 31 heavy (non-hydrogen) atoms. The first-order valence-corrected chi connectivity index (χ1v) is 11.0. The number of esters is 1. The lowest BCUT2D eigenvalue weighted by atomic mass is 10.1. The van der Waals surface area contributed by atoms with Crippen molar-refractivity contribution in [2.24, 2.45) is 5.73 Å². The van der Waals surface area contributed by atoms with Crippen molar-refractivity contribution in [3.05, 3.63) is 54.1 Å². The molecule has 166 valence electrons. The number of benzene rings is 2. The van der Waals surface area contributed by atoms with Crippen LogP contribution in [0.4, 0.5) is 17.1 Å². The van der Waals surface area contributed by atoms with Crippen molar-refractivity contribution in [2.45, 2.75) is 19.4 Å². The van der Waals surface area contributed by atoms with E-state index in [9.17, 15) is 14.4 Å². The van der Waals surface area contributed by atoms with E-state index in [1.165, 1.54) is 12.0 Å². The van der Waals surface area contributed by atoms with Gasteiger partial charge in [0, 0.05) is 22.6 Å². The van der Waals surface area contributed by atoms with Gasteiger partial charge < -0.3 is 21.5 Å². The van der Waals surface area contributed by atoms with Crippen molar-refractivity contribution in [2.75, 3.05) is 41.1 Å². The standard InChI is InChI=1S/C22H28N4O4S/c1-3-31-13-12-19(24)22(29)26(14-20(27)30-2)18-10-8-17(9-11-18)25-21(28)15-4-6-16(23)7-5-15/h4-11,19H,3,12-14,23-24H2,1-2H3,(H,25,28)/t19-/m0/s1. The number of amides is 2. The lowest BCUT2D eigenvalue weighted by molar-refractivity contribution is -0.140. The molecule has 0 aromatic heterocycles. The quantitative estimate of drug-likeness (QED) is 0.292. The van der Waals surface area contributed by atoms with E-state index in [2.05, 4.69) is 5.32 Å². The summed E-state index contributed by atoms with van der Waals surface area (Å²) in [6.07, 6.45) is 0.505. The second-order valence-electron chi connectivity index (χ2n) is 6.72. The van der Waals surface area contributed by atoms with Crippen LogP contribution in [0.15, 0.2) is 48.5 Å². The number of rotatable bonds is 10. The molecule has 2 rings (SSSR count). The first kappa shape index (κ1) is 24.2. The summed E-state index contributed by atoms with van der Waals surface area (Å²) < 4.78 is 4.72. The lowest BCUT2D eigenvalue weighted by Crippen LogP contribution is -2.46. The molecule has 2 amide bonds. The fourth-order valence-electron chi connectivity index (χ4n) is 2.73. The monoisotopic (exact) mass is 444 g/mol. The number of methoxy groups -OCH3 is 1. The summed E-state index contributed by atoms with van der Waals surface area (Å²) in [5.74, 6) is 0.498. The minimum atomic E-state index is -0.728. The summed E-state index contributed by atoms with van der Waals surface area (Å²) >= 11 is 1.70. The molecule has 0 saturated carbocycles. The molecular formula is C22H28N4O4S. The second kappa shape index (κ2) is 12.0. The molecule has 0 aliphatic rings. The molecule has 0 aliphatic carbocycles. The molecule has 0 aliphatic heterocycles. The Labute approximate surface area is 186 Å². The number of nitrogens with zero attached hydrogens (tertiary/aromatic N) is 1. The Morgan fingerprint density at radius 2 is 1.74 bits per heavy atom. The molecule has 5 N–H and O–H groups in total. The summed E-state index contributed by atoms with van der Waals surface area (Å²) in [5.41, 5.74) is 13.8. The molecule has 0 unspecified atom stereocenters. The van der Waals surface area contributed by atoms with Gasteiger partial charge in [0.1, 0.15) is 6.54 Å². The van der Waals surface area contributed by atoms with Gasteiger partial charge in [-0.25, -0.2) is 0 Å². The number of hydrogen-bond donors (Lipinski definition) is 3. The summed E-state index contributed by atoms with van der Waals surface area (Å²) in [6.45, 7) is 1.79. The third-order valence-corrected chi connectivity index (χ3v) is 5.42. The van der Waals surface area contributed by atoms with E-state index in [-0.39, 0.29) is 18.4 Å². The fraction of sp³-hybridized carbons (Fsp3) is 0.318. The van der Waals surface area contributed by atoms with Gasteiger partial charge in [-0.15, -0.1) is 0 Å². The first-order valence-electron chi connectivity index (χ1n) is 9.84. The number of ether oxygens (including phenoxy) is 1. The Bertz CT molecular complexity index is 887. The van der Waals surface area contributed by atoms with E-state index in [1.807, 2.05) is 6.92 Å². The number of thioether (sulfide) groups is 1. The van der Waals surface area contributed by atoms with Crippen molar-refractivity contribution in [1.29, 1.82) is 0 Å². The second-order valence-corrected chi connectivity index (χ2v) is 8.11. The van der Waals surface area contributed by atoms with Gasteiger partial charge in [-0.1, -0.05) is 6.92 Å². The van der Waals surface area contributed by atoms with Crippen LogP contribution in [0.3, 0.4) is 0 Å². The van der Waals surface area contributed by atoms with Crippen LogP contribution in [0.25, 0.3) is 0 Å². The SMILES string of the molecule is CCSCC[C@H](N)C(=O)N(CC(=O)OC)c1ccc(NC(=O)c2ccc(N)cc2)cc1. The zero-order valence-corrected chi connectivity index (χ0v) is 18.5. The minimum absolute atomic E-state index is 0.249. The van der Waals surface area contributed by atoms with E-state index in [4.69, 9.17) is 16.2 Å². The largest absolute Gasteiger partial charge is 0.468 e. The lowest BCUT2D eigenvalue weighted by Gasteiger charge is -2.25. The maximum Gasteiger partial charge on any atom is 0.325 e. The Hall–Kier alpha value is -3.04. The minimum Gasteiger partial charge on any atom is -0.468 e. The van der Waals surface area contributed by atoms with Gasteiger partial charge in [0.25, 0.3) is 5.91 Å². The summed E-state index contributed by atoms with van der Waals surface area (Å²) in [5, 5.41) is 2.78. The van der Waals surface area contributed by atoms with E-state index in [1.54, 1.807) is 60.3 Å². The van der Waals surface area contributed by atoms with Crippen LogP contribution in [-0.4, -0.2) is 49.0 Å². The van der Waals surface area contributed by atoms with Crippen molar-refractivity contribution in [3.8, 4) is 0 Å². The van der Waals surface area contributed by atoms with E-state index in [0.29, 0.717) is 29.0 Å². The van der Waals surface area contributed by atoms with Crippen LogP contribution in [-0.2, 0) is 14.3 Å². The number of carbonyl (C=O) groups excluding carboxylic acids is 3. The average Bonchev–Trinajstić information content (AvgIpc) is 2.78. The molecule has 0 bridgehead atoms. The molecule has 9 heteroatoms. The number of nitrogens with two attached hydrogens (primary N) is 2. The number of nitrogen functional groups attached to an aromatic ring is 1. The normalized spacial score (nSPS) is 11.5. The fourth-order valence-corrected chi connectivity index (χ4v) is 3.44. The highest BCUT2D eigenvalue weighted by atomic mass is 32.2. The number of hydrogen-bond acceptors (Lipinski definition) is 7. The third-order valence-electron chi connectivity index (χ3n) is 4.49. The predicted molar refractivity (Wildman–Crippen MR) is 125 cm³/mol. The first-order chi connectivity index (χ1) is 14.8. The van der Waals surface area contributed by atoms with E-state index < -0.39 is 12.0 Å². The van der Waals surface area contributed by atoms with Gasteiger partial charge in [-0.05, 0) is 66.5 Å². The Kier molecular flexibility index (Phi) is 9.36. The Morgan fingerprint density at radius 3 is 2.32 bits per heavy atom. The number of carbonyl (C=O) groups is 3. The van der Waals surface area contributed by atoms with Crippen LogP contribution in [0, 0.1) is 0 Å². The average molecular weight is 445 g/mol. The Morgan fingerprint density at radius 1 is 1.10 bits per heavy atom.